The number of carbonyl (C=O) groups is 4. The number of imide groups is 1. The number of anilines is 1. The van der Waals surface area contributed by atoms with Crippen LogP contribution in [0.1, 0.15) is 53.6 Å². The molecule has 2 N–H and O–H groups in total. The van der Waals surface area contributed by atoms with Crippen LogP contribution in [-0.2, 0) is 32.2 Å². The fraction of sp³-hybridized carbons (Fsp3) is 0.333. The summed E-state index contributed by atoms with van der Waals surface area (Å²) in [5.41, 5.74) is 1.86. The number of carbonyl (C=O) groups excluding carboxylic acids is 4. The Kier molecular flexibility index (Phi) is 9.11. The summed E-state index contributed by atoms with van der Waals surface area (Å²) in [4.78, 5) is 52.2. The van der Waals surface area contributed by atoms with Crippen LogP contribution in [0.2, 0.25) is 0 Å². The molecule has 2 saturated heterocycles. The number of rotatable bonds is 8. The average Bonchev–Trinajstić information content (AvgIpc) is 3.18. The number of halogens is 2. The zero-order valence-electron chi connectivity index (χ0n) is 24.7. The molecule has 2 atom stereocenters. The van der Waals surface area contributed by atoms with E-state index in [0.717, 1.165) is 18.6 Å². The molecule has 240 valence electrons. The van der Waals surface area contributed by atoms with Crippen molar-refractivity contribution in [1.29, 1.82) is 0 Å². The lowest BCUT2D eigenvalue weighted by molar-refractivity contribution is -0.136. The zero-order valence-corrected chi connectivity index (χ0v) is 24.7. The minimum Gasteiger partial charge on any atom is -0.489 e. The fourth-order valence-corrected chi connectivity index (χ4v) is 5.65. The maximum atomic E-state index is 13.8. The normalized spacial score (nSPS) is 19.6. The highest BCUT2D eigenvalue weighted by Gasteiger charge is 2.41. The van der Waals surface area contributed by atoms with Gasteiger partial charge in [0.25, 0.3) is 5.91 Å². The molecular formula is C33H31F2N3O8. The quantitative estimate of drug-likeness (QED) is 0.323. The Morgan fingerprint density at radius 1 is 0.957 bits per heavy atom. The Balaban J connectivity index is 1.15. The van der Waals surface area contributed by atoms with Crippen molar-refractivity contribution in [3.8, 4) is 17.2 Å². The van der Waals surface area contributed by atoms with Crippen molar-refractivity contribution in [1.82, 2.24) is 10.2 Å². The Labute approximate surface area is 262 Å². The van der Waals surface area contributed by atoms with Crippen LogP contribution in [0, 0.1) is 11.6 Å². The molecule has 3 aromatic carbocycles. The average molecular weight is 636 g/mol. The van der Waals surface area contributed by atoms with Gasteiger partial charge >= 0.3 is 6.09 Å². The largest absolute Gasteiger partial charge is 0.489 e. The number of hydrogen-bond donors (Lipinski definition) is 2. The van der Waals surface area contributed by atoms with Crippen molar-refractivity contribution >= 4 is 29.5 Å². The molecule has 0 radical (unpaired) electrons. The molecule has 0 bridgehead atoms. The van der Waals surface area contributed by atoms with Crippen LogP contribution in [0.5, 0.6) is 17.2 Å². The second kappa shape index (κ2) is 13.5. The third-order valence-corrected chi connectivity index (χ3v) is 8.00. The van der Waals surface area contributed by atoms with Gasteiger partial charge in [0.05, 0.1) is 12.2 Å². The van der Waals surface area contributed by atoms with Crippen molar-refractivity contribution in [2.75, 3.05) is 18.5 Å². The van der Waals surface area contributed by atoms with E-state index in [0.29, 0.717) is 59.9 Å². The van der Waals surface area contributed by atoms with Gasteiger partial charge in [-0.05, 0) is 61.2 Å². The van der Waals surface area contributed by atoms with Gasteiger partial charge in [0.15, 0.2) is 11.6 Å². The van der Waals surface area contributed by atoms with Crippen LogP contribution >= 0.6 is 0 Å². The van der Waals surface area contributed by atoms with Crippen molar-refractivity contribution in [3.05, 3.63) is 82.9 Å². The molecule has 6 rings (SSSR count). The van der Waals surface area contributed by atoms with Crippen LogP contribution in [0.3, 0.4) is 0 Å². The Morgan fingerprint density at radius 2 is 1.76 bits per heavy atom. The summed E-state index contributed by atoms with van der Waals surface area (Å²) in [7, 11) is 0. The topological polar surface area (TPSA) is 132 Å². The monoisotopic (exact) mass is 635 g/mol. The second-order valence-corrected chi connectivity index (χ2v) is 11.2. The number of piperidine rings is 1. The zero-order chi connectivity index (χ0) is 32.2. The van der Waals surface area contributed by atoms with Crippen molar-refractivity contribution in [2.45, 2.75) is 57.4 Å². The fourth-order valence-electron chi connectivity index (χ4n) is 5.65. The maximum absolute atomic E-state index is 13.8. The van der Waals surface area contributed by atoms with E-state index in [2.05, 4.69) is 10.6 Å². The van der Waals surface area contributed by atoms with Crippen molar-refractivity contribution < 1.29 is 46.9 Å². The first-order valence-corrected chi connectivity index (χ1v) is 15.0. The van der Waals surface area contributed by atoms with E-state index in [1.807, 2.05) is 0 Å². The van der Waals surface area contributed by atoms with Crippen molar-refractivity contribution in [3.63, 3.8) is 0 Å². The smallest absolute Gasteiger partial charge is 0.411 e. The predicted octanol–water partition coefficient (Wildman–Crippen LogP) is 5.21. The van der Waals surface area contributed by atoms with Crippen LogP contribution in [0.4, 0.5) is 19.3 Å². The summed E-state index contributed by atoms with van der Waals surface area (Å²) in [5.74, 6) is -2.53. The van der Waals surface area contributed by atoms with Gasteiger partial charge in [0, 0.05) is 43.3 Å². The number of ether oxygens (including phenoxy) is 4. The summed E-state index contributed by atoms with van der Waals surface area (Å²) in [6.07, 6.45) is 1.49. The molecule has 3 aliphatic heterocycles. The summed E-state index contributed by atoms with van der Waals surface area (Å²) >= 11 is 0. The number of fused-ring (bicyclic) bond motifs is 1. The predicted molar refractivity (Wildman–Crippen MR) is 158 cm³/mol. The molecule has 0 spiro atoms. The maximum Gasteiger partial charge on any atom is 0.411 e. The van der Waals surface area contributed by atoms with Gasteiger partial charge in [-0.1, -0.05) is 12.1 Å². The van der Waals surface area contributed by atoms with E-state index in [-0.39, 0.29) is 49.7 Å². The number of amides is 4. The first-order chi connectivity index (χ1) is 22.2. The van der Waals surface area contributed by atoms with Crippen molar-refractivity contribution in [2.24, 2.45) is 0 Å². The minimum atomic E-state index is -1.03. The highest BCUT2D eigenvalue weighted by atomic mass is 19.2. The lowest BCUT2D eigenvalue weighted by Crippen LogP contribution is -2.52. The van der Waals surface area contributed by atoms with Crippen LogP contribution < -0.4 is 20.1 Å². The van der Waals surface area contributed by atoms with Crippen LogP contribution in [0.25, 0.3) is 0 Å². The number of benzene rings is 3. The second-order valence-electron chi connectivity index (χ2n) is 11.2. The van der Waals surface area contributed by atoms with E-state index in [9.17, 15) is 28.0 Å². The summed E-state index contributed by atoms with van der Waals surface area (Å²) in [6, 6.07) is 12.1. The SMILES string of the molecule is O=C1CCC(N2Cc3ccc(COC(=O)Nc4ccc(Oc5ccc(F)c(F)c5)cc4)c(OC4CCCOCC4)c3C2=O)C(=O)N1. The van der Waals surface area contributed by atoms with Gasteiger partial charge in [-0.15, -0.1) is 0 Å². The minimum absolute atomic E-state index is 0.112. The molecule has 3 aromatic rings. The number of nitrogens with zero attached hydrogens (tertiary/aromatic N) is 1. The molecule has 3 aliphatic rings. The number of nitrogens with one attached hydrogen (secondary N) is 2. The van der Waals surface area contributed by atoms with Crippen LogP contribution in [0.15, 0.2) is 54.6 Å². The van der Waals surface area contributed by atoms with E-state index in [1.165, 1.54) is 11.0 Å². The van der Waals surface area contributed by atoms with Gasteiger partial charge in [-0.25, -0.2) is 13.6 Å². The highest BCUT2D eigenvalue weighted by Crippen LogP contribution is 2.38. The van der Waals surface area contributed by atoms with Gasteiger partial charge in [0.1, 0.15) is 36.0 Å². The molecule has 46 heavy (non-hydrogen) atoms. The Bertz CT molecular complexity index is 1660. The van der Waals surface area contributed by atoms with Crippen LogP contribution in [-0.4, -0.2) is 54.1 Å². The third kappa shape index (κ3) is 6.94. The molecule has 4 amide bonds. The molecule has 3 heterocycles. The van der Waals surface area contributed by atoms with Gasteiger partial charge < -0.3 is 23.8 Å². The molecule has 2 fully saturated rings. The van der Waals surface area contributed by atoms with Gasteiger partial charge in [-0.2, -0.15) is 0 Å². The Hall–Kier alpha value is -5.04. The molecule has 11 nitrogen and oxygen atoms in total. The highest BCUT2D eigenvalue weighted by molar-refractivity contribution is 6.06. The molecular weight excluding hydrogens is 604 g/mol. The van der Waals surface area contributed by atoms with Gasteiger partial charge in [0.2, 0.25) is 11.8 Å². The van der Waals surface area contributed by atoms with E-state index in [1.54, 1.807) is 36.4 Å². The summed E-state index contributed by atoms with van der Waals surface area (Å²) in [6.45, 7) is 1.10. The van der Waals surface area contributed by atoms with E-state index >= 15 is 0 Å². The van der Waals surface area contributed by atoms with E-state index < -0.39 is 29.7 Å². The lowest BCUT2D eigenvalue weighted by atomic mass is 10.0. The first-order valence-electron chi connectivity index (χ1n) is 15.0. The van der Waals surface area contributed by atoms with Gasteiger partial charge in [-0.3, -0.25) is 25.0 Å². The Morgan fingerprint density at radius 3 is 2.54 bits per heavy atom. The molecule has 0 aromatic heterocycles. The van der Waals surface area contributed by atoms with E-state index in [4.69, 9.17) is 18.9 Å². The summed E-state index contributed by atoms with van der Waals surface area (Å²) < 4.78 is 49.7. The third-order valence-electron chi connectivity index (χ3n) is 8.00. The molecule has 13 heteroatoms. The lowest BCUT2D eigenvalue weighted by Gasteiger charge is -2.29. The molecule has 2 unspecified atom stereocenters. The first kappa shape index (κ1) is 31.0. The summed E-state index contributed by atoms with van der Waals surface area (Å²) in [5, 5.41) is 4.93. The molecule has 0 saturated carbocycles. The molecule has 0 aliphatic carbocycles. The number of hydrogen-bond acceptors (Lipinski definition) is 8. The standard InChI is InChI=1S/C33H31F2N3O8/c34-25-10-9-24(16-26(25)35)45-23-7-5-21(6-8-23)36-33(42)44-18-20-4-3-19-17-38(27-11-12-28(39)37-31(27)40)32(41)29(19)30(20)46-22-2-1-14-43-15-13-22/h3-10,16,22,27H,1-2,11-15,17-18H2,(H,36,42)(H,37,39,40).